The Morgan fingerprint density at radius 2 is 2.18 bits per heavy atom. The normalized spacial score (nSPS) is 10.2. The van der Waals surface area contributed by atoms with Gasteiger partial charge in [0.1, 0.15) is 6.29 Å². The molecule has 0 radical (unpaired) electrons. The molecule has 0 aliphatic heterocycles. The van der Waals surface area contributed by atoms with E-state index >= 15 is 0 Å². The van der Waals surface area contributed by atoms with Gasteiger partial charge in [0.25, 0.3) is 0 Å². The Kier molecular flexibility index (Phi) is 3.91. The van der Waals surface area contributed by atoms with Crippen LogP contribution in [0.1, 0.15) is 16.1 Å². The number of aromatic nitrogens is 2. The number of halogens is 1. The number of rotatable bonds is 3. The van der Waals surface area contributed by atoms with E-state index in [9.17, 15) is 4.79 Å². The lowest BCUT2D eigenvalue weighted by Crippen LogP contribution is -1.89. The smallest absolute Gasteiger partial charge is 0.192 e. The van der Waals surface area contributed by atoms with E-state index in [0.717, 1.165) is 21.3 Å². The molecule has 0 aliphatic rings. The minimum atomic E-state index is 0.645. The van der Waals surface area contributed by atoms with Gasteiger partial charge in [-0.3, -0.25) is 4.79 Å². The quantitative estimate of drug-likeness (QED) is 0.643. The van der Waals surface area contributed by atoms with Crippen molar-refractivity contribution in [2.75, 3.05) is 0 Å². The van der Waals surface area contributed by atoms with Crippen molar-refractivity contribution >= 4 is 34.0 Å². The molecular formula is C12H9BrN2OS. The average molecular weight is 309 g/mol. The maximum absolute atomic E-state index is 10.6. The first-order chi connectivity index (χ1) is 8.19. The van der Waals surface area contributed by atoms with E-state index in [1.165, 1.54) is 11.8 Å². The molecule has 86 valence electrons. The van der Waals surface area contributed by atoms with Crippen LogP contribution in [-0.4, -0.2) is 16.3 Å². The van der Waals surface area contributed by atoms with Crippen molar-refractivity contribution in [3.05, 3.63) is 46.2 Å². The monoisotopic (exact) mass is 308 g/mol. The van der Waals surface area contributed by atoms with E-state index in [2.05, 4.69) is 25.9 Å². The van der Waals surface area contributed by atoms with Gasteiger partial charge in [-0.2, -0.15) is 0 Å². The lowest BCUT2D eigenvalue weighted by molar-refractivity contribution is 0.112. The van der Waals surface area contributed by atoms with Crippen LogP contribution < -0.4 is 0 Å². The Bertz CT molecular complexity index is 560. The van der Waals surface area contributed by atoms with Gasteiger partial charge in [0.05, 0.1) is 0 Å². The molecule has 0 bridgehead atoms. The highest BCUT2D eigenvalue weighted by Crippen LogP contribution is 2.31. The Labute approximate surface area is 112 Å². The molecule has 0 fully saturated rings. The molecule has 17 heavy (non-hydrogen) atoms. The summed E-state index contributed by atoms with van der Waals surface area (Å²) in [5.41, 5.74) is 1.58. The second-order valence-electron chi connectivity index (χ2n) is 3.39. The zero-order chi connectivity index (χ0) is 12.3. The summed E-state index contributed by atoms with van der Waals surface area (Å²) in [7, 11) is 0. The molecule has 0 saturated heterocycles. The molecule has 5 heteroatoms. The lowest BCUT2D eigenvalue weighted by atomic mass is 10.2. The number of aldehydes is 1. The van der Waals surface area contributed by atoms with E-state index in [-0.39, 0.29) is 0 Å². The van der Waals surface area contributed by atoms with Gasteiger partial charge in [-0.15, -0.1) is 0 Å². The van der Waals surface area contributed by atoms with Gasteiger partial charge in [0, 0.05) is 26.8 Å². The van der Waals surface area contributed by atoms with Crippen LogP contribution in [0.3, 0.4) is 0 Å². The topological polar surface area (TPSA) is 42.9 Å². The fourth-order valence-corrected chi connectivity index (χ4v) is 2.68. The highest BCUT2D eigenvalue weighted by Gasteiger charge is 2.05. The van der Waals surface area contributed by atoms with E-state index < -0.39 is 0 Å². The highest BCUT2D eigenvalue weighted by molar-refractivity contribution is 9.10. The molecule has 1 aromatic heterocycles. The van der Waals surface area contributed by atoms with Crippen LogP contribution >= 0.6 is 27.7 Å². The number of carbonyl (C=O) groups excluding carboxylic acids is 1. The van der Waals surface area contributed by atoms with Crippen molar-refractivity contribution in [1.29, 1.82) is 0 Å². The average Bonchev–Trinajstić information content (AvgIpc) is 2.32. The maximum Gasteiger partial charge on any atom is 0.192 e. The van der Waals surface area contributed by atoms with Crippen LogP contribution in [0, 0.1) is 6.92 Å². The second-order valence-corrected chi connectivity index (χ2v) is 5.25. The van der Waals surface area contributed by atoms with Crippen LogP contribution in [0.5, 0.6) is 0 Å². The van der Waals surface area contributed by atoms with Gasteiger partial charge in [-0.1, -0.05) is 6.07 Å². The summed E-state index contributed by atoms with van der Waals surface area (Å²) in [6, 6.07) is 7.29. The molecule has 2 aromatic rings. The largest absolute Gasteiger partial charge is 0.298 e. The summed E-state index contributed by atoms with van der Waals surface area (Å²) < 4.78 is 0.872. The summed E-state index contributed by atoms with van der Waals surface area (Å²) >= 11 is 4.89. The Hall–Kier alpha value is -1.20. The van der Waals surface area contributed by atoms with Gasteiger partial charge in [-0.25, -0.2) is 9.97 Å². The number of carbonyl (C=O) groups is 1. The fourth-order valence-electron chi connectivity index (χ4n) is 1.25. The molecule has 1 heterocycles. The number of benzene rings is 1. The zero-order valence-corrected chi connectivity index (χ0v) is 11.5. The fraction of sp³-hybridized carbons (Fsp3) is 0.0833. The molecule has 1 aromatic carbocycles. The van der Waals surface area contributed by atoms with Gasteiger partial charge in [-0.05, 0) is 52.8 Å². The molecule has 0 spiro atoms. The SMILES string of the molecule is Cc1ccnc(Sc2ccc(C=O)cc2Br)n1. The number of hydrogen-bond donors (Lipinski definition) is 0. The third-order valence-corrected chi connectivity index (χ3v) is 3.94. The van der Waals surface area contributed by atoms with Gasteiger partial charge in [0.15, 0.2) is 5.16 Å². The first-order valence-electron chi connectivity index (χ1n) is 4.91. The van der Waals surface area contributed by atoms with Gasteiger partial charge >= 0.3 is 0 Å². The third-order valence-electron chi connectivity index (χ3n) is 2.07. The molecular weight excluding hydrogens is 300 g/mol. The molecule has 0 N–H and O–H groups in total. The predicted molar refractivity (Wildman–Crippen MR) is 70.4 cm³/mol. The zero-order valence-electron chi connectivity index (χ0n) is 9.05. The first-order valence-corrected chi connectivity index (χ1v) is 6.52. The summed E-state index contributed by atoms with van der Waals surface area (Å²) in [5.74, 6) is 0. The van der Waals surface area contributed by atoms with Crippen LogP contribution in [0.2, 0.25) is 0 Å². The first kappa shape index (κ1) is 12.3. The predicted octanol–water partition coefficient (Wildman–Crippen LogP) is 3.51. The number of nitrogens with zero attached hydrogens (tertiary/aromatic N) is 2. The standard InChI is InChI=1S/C12H9BrN2OS/c1-8-4-5-14-12(15-8)17-11-3-2-9(7-16)6-10(11)13/h2-7H,1H3. The van der Waals surface area contributed by atoms with E-state index in [1.54, 1.807) is 18.3 Å². The van der Waals surface area contributed by atoms with E-state index in [4.69, 9.17) is 0 Å². The molecule has 0 atom stereocenters. The minimum absolute atomic E-state index is 0.645. The Morgan fingerprint density at radius 3 is 2.82 bits per heavy atom. The maximum atomic E-state index is 10.6. The summed E-state index contributed by atoms with van der Waals surface area (Å²) in [4.78, 5) is 20.1. The Balaban J connectivity index is 2.27. The third kappa shape index (κ3) is 3.14. The van der Waals surface area contributed by atoms with Crippen molar-refractivity contribution in [2.24, 2.45) is 0 Å². The Morgan fingerprint density at radius 1 is 1.35 bits per heavy atom. The molecule has 0 saturated carbocycles. The van der Waals surface area contributed by atoms with Crippen molar-refractivity contribution < 1.29 is 4.79 Å². The lowest BCUT2D eigenvalue weighted by Gasteiger charge is -2.03. The highest BCUT2D eigenvalue weighted by atomic mass is 79.9. The van der Waals surface area contributed by atoms with Crippen LogP contribution in [0.25, 0.3) is 0 Å². The van der Waals surface area contributed by atoms with Crippen molar-refractivity contribution in [3.8, 4) is 0 Å². The minimum Gasteiger partial charge on any atom is -0.298 e. The molecule has 0 unspecified atom stereocenters. The molecule has 0 aliphatic carbocycles. The van der Waals surface area contributed by atoms with E-state index in [0.29, 0.717) is 10.7 Å². The van der Waals surface area contributed by atoms with Crippen molar-refractivity contribution in [1.82, 2.24) is 9.97 Å². The van der Waals surface area contributed by atoms with Gasteiger partial charge in [0.2, 0.25) is 0 Å². The molecule has 3 nitrogen and oxygen atoms in total. The molecule has 2 rings (SSSR count). The van der Waals surface area contributed by atoms with Gasteiger partial charge < -0.3 is 0 Å². The van der Waals surface area contributed by atoms with Crippen LogP contribution in [-0.2, 0) is 0 Å². The van der Waals surface area contributed by atoms with E-state index in [1.807, 2.05) is 19.1 Å². The van der Waals surface area contributed by atoms with Crippen molar-refractivity contribution in [3.63, 3.8) is 0 Å². The molecule has 0 amide bonds. The van der Waals surface area contributed by atoms with Crippen LogP contribution in [0.15, 0.2) is 45.0 Å². The second kappa shape index (κ2) is 5.42. The summed E-state index contributed by atoms with van der Waals surface area (Å²) in [6.45, 7) is 1.93. The number of aryl methyl sites for hydroxylation is 1. The summed E-state index contributed by atoms with van der Waals surface area (Å²) in [5, 5.41) is 0.699. The van der Waals surface area contributed by atoms with Crippen LogP contribution in [0.4, 0.5) is 0 Å². The summed E-state index contributed by atoms with van der Waals surface area (Å²) in [6.07, 6.45) is 2.56. The van der Waals surface area contributed by atoms with Crippen molar-refractivity contribution in [2.45, 2.75) is 17.0 Å². The number of hydrogen-bond acceptors (Lipinski definition) is 4.